The van der Waals surface area contributed by atoms with Crippen LogP contribution in [0, 0.1) is 0 Å². The van der Waals surface area contributed by atoms with Gasteiger partial charge in [-0.3, -0.25) is 0 Å². The standard InChI is InChI=1S/C5H5BrF4N4/c6-3-12-4(11)13-14(3)1-5(9,10)2(7)8/h2H,1H2,(H2,11,13). The van der Waals surface area contributed by atoms with Gasteiger partial charge < -0.3 is 5.73 Å². The largest absolute Gasteiger partial charge is 0.366 e. The van der Waals surface area contributed by atoms with Gasteiger partial charge in [-0.1, -0.05) is 0 Å². The lowest BCUT2D eigenvalue weighted by atomic mass is 10.3. The summed E-state index contributed by atoms with van der Waals surface area (Å²) in [5.74, 6) is -4.41. The lowest BCUT2D eigenvalue weighted by Crippen LogP contribution is -2.32. The van der Waals surface area contributed by atoms with E-state index in [1.807, 2.05) is 0 Å². The first kappa shape index (κ1) is 11.2. The van der Waals surface area contributed by atoms with Crippen LogP contribution >= 0.6 is 15.9 Å². The topological polar surface area (TPSA) is 56.7 Å². The fourth-order valence-electron chi connectivity index (χ4n) is 0.709. The smallest absolute Gasteiger partial charge is 0.326 e. The van der Waals surface area contributed by atoms with Crippen LogP contribution in [0.2, 0.25) is 0 Å². The third-order valence-corrected chi connectivity index (χ3v) is 1.91. The molecule has 1 heterocycles. The molecule has 0 aliphatic heterocycles. The number of alkyl halides is 4. The van der Waals surface area contributed by atoms with Crippen molar-refractivity contribution in [3.63, 3.8) is 0 Å². The number of anilines is 1. The van der Waals surface area contributed by atoms with Crippen molar-refractivity contribution in [3.05, 3.63) is 4.73 Å². The predicted octanol–water partition coefficient (Wildman–Crippen LogP) is 1.52. The molecule has 1 rings (SSSR count). The Balaban J connectivity index is 2.83. The summed E-state index contributed by atoms with van der Waals surface area (Å²) in [6.07, 6.45) is -3.75. The highest BCUT2D eigenvalue weighted by molar-refractivity contribution is 9.10. The van der Waals surface area contributed by atoms with Crippen molar-refractivity contribution >= 4 is 21.9 Å². The molecule has 0 unspecified atom stereocenters. The molecule has 1 aromatic heterocycles. The lowest BCUT2D eigenvalue weighted by Gasteiger charge is -2.14. The van der Waals surface area contributed by atoms with E-state index in [4.69, 9.17) is 5.73 Å². The summed E-state index contributed by atoms with van der Waals surface area (Å²) in [5, 5.41) is 3.30. The molecule has 0 spiro atoms. The Morgan fingerprint density at radius 2 is 2.07 bits per heavy atom. The monoisotopic (exact) mass is 276 g/mol. The third-order valence-electron chi connectivity index (χ3n) is 1.32. The van der Waals surface area contributed by atoms with Crippen LogP contribution in [0.4, 0.5) is 23.5 Å². The van der Waals surface area contributed by atoms with Crippen molar-refractivity contribution in [2.45, 2.75) is 18.9 Å². The number of hydrogen-bond acceptors (Lipinski definition) is 3. The molecule has 0 bridgehead atoms. The number of aromatic nitrogens is 3. The van der Waals surface area contributed by atoms with Crippen molar-refractivity contribution in [3.8, 4) is 0 Å². The van der Waals surface area contributed by atoms with Crippen LogP contribution in [-0.4, -0.2) is 27.1 Å². The van der Waals surface area contributed by atoms with Gasteiger partial charge in [-0.15, -0.1) is 5.10 Å². The Morgan fingerprint density at radius 3 is 2.43 bits per heavy atom. The van der Waals surface area contributed by atoms with Gasteiger partial charge >= 0.3 is 12.3 Å². The Kier molecular flexibility index (Phi) is 2.98. The highest BCUT2D eigenvalue weighted by atomic mass is 79.9. The fraction of sp³-hybridized carbons (Fsp3) is 0.600. The van der Waals surface area contributed by atoms with E-state index in [-0.39, 0.29) is 10.7 Å². The van der Waals surface area contributed by atoms with Crippen LogP contribution in [0.3, 0.4) is 0 Å². The number of rotatable bonds is 3. The Labute approximate surface area is 84.2 Å². The average Bonchev–Trinajstić information content (AvgIpc) is 2.29. The summed E-state index contributed by atoms with van der Waals surface area (Å²) in [5.41, 5.74) is 5.07. The van der Waals surface area contributed by atoms with Crippen LogP contribution < -0.4 is 5.73 Å². The van der Waals surface area contributed by atoms with Gasteiger partial charge in [0.15, 0.2) is 4.73 Å². The van der Waals surface area contributed by atoms with Crippen molar-refractivity contribution in [2.24, 2.45) is 0 Å². The molecular weight excluding hydrogens is 272 g/mol. The van der Waals surface area contributed by atoms with E-state index < -0.39 is 18.9 Å². The maximum Gasteiger partial charge on any atom is 0.326 e. The van der Waals surface area contributed by atoms with Gasteiger partial charge in [0.1, 0.15) is 6.54 Å². The van der Waals surface area contributed by atoms with Crippen molar-refractivity contribution in [1.29, 1.82) is 0 Å². The Morgan fingerprint density at radius 1 is 1.50 bits per heavy atom. The van der Waals surface area contributed by atoms with Crippen molar-refractivity contribution in [2.75, 3.05) is 5.73 Å². The molecule has 0 saturated carbocycles. The molecule has 80 valence electrons. The van der Waals surface area contributed by atoms with Gasteiger partial charge in [0.25, 0.3) is 0 Å². The quantitative estimate of drug-likeness (QED) is 0.852. The Bertz CT molecular complexity index is 326. The molecule has 2 N–H and O–H groups in total. The summed E-state index contributed by atoms with van der Waals surface area (Å²) < 4.78 is 49.1. The minimum absolute atomic E-state index is 0.115. The summed E-state index contributed by atoms with van der Waals surface area (Å²) in [4.78, 5) is 3.42. The minimum Gasteiger partial charge on any atom is -0.366 e. The predicted molar refractivity (Wildman–Crippen MR) is 43.1 cm³/mol. The molecule has 0 saturated heterocycles. The molecule has 0 aromatic carbocycles. The van der Waals surface area contributed by atoms with Gasteiger partial charge in [-0.05, 0) is 15.9 Å². The summed E-state index contributed by atoms with van der Waals surface area (Å²) in [7, 11) is 0. The second-order valence-corrected chi connectivity index (χ2v) is 3.17. The van der Waals surface area contributed by atoms with Crippen LogP contribution in [0.5, 0.6) is 0 Å². The van der Waals surface area contributed by atoms with Crippen molar-refractivity contribution < 1.29 is 17.6 Å². The van der Waals surface area contributed by atoms with E-state index in [0.717, 1.165) is 0 Å². The van der Waals surface area contributed by atoms with Crippen LogP contribution in [-0.2, 0) is 6.54 Å². The number of nitrogen functional groups attached to an aromatic ring is 1. The molecule has 0 radical (unpaired) electrons. The van der Waals surface area contributed by atoms with E-state index >= 15 is 0 Å². The van der Waals surface area contributed by atoms with E-state index in [1.165, 1.54) is 0 Å². The molecule has 9 heteroatoms. The van der Waals surface area contributed by atoms with Crippen LogP contribution in [0.1, 0.15) is 0 Å². The molecule has 0 aliphatic carbocycles. The second kappa shape index (κ2) is 3.71. The SMILES string of the molecule is Nc1nc(Br)n(CC(F)(F)C(F)F)n1. The van der Waals surface area contributed by atoms with Gasteiger partial charge in [-0.25, -0.2) is 13.5 Å². The maximum atomic E-state index is 12.5. The number of halogens is 5. The molecule has 0 aliphatic rings. The first-order valence-corrected chi connectivity index (χ1v) is 4.14. The Hall–Kier alpha value is -0.860. The summed E-state index contributed by atoms with van der Waals surface area (Å²) in [6.45, 7) is -1.27. The average molecular weight is 277 g/mol. The van der Waals surface area contributed by atoms with E-state index in [0.29, 0.717) is 4.68 Å². The zero-order valence-electron chi connectivity index (χ0n) is 6.59. The molecule has 4 nitrogen and oxygen atoms in total. The zero-order chi connectivity index (χ0) is 10.9. The highest BCUT2D eigenvalue weighted by Crippen LogP contribution is 2.25. The van der Waals surface area contributed by atoms with Gasteiger partial charge in [0.2, 0.25) is 5.95 Å². The number of nitrogens with zero attached hydrogens (tertiary/aromatic N) is 3. The van der Waals surface area contributed by atoms with Crippen LogP contribution in [0.25, 0.3) is 0 Å². The third kappa shape index (κ3) is 2.34. The minimum atomic E-state index is -4.15. The molecule has 1 aromatic rings. The van der Waals surface area contributed by atoms with Gasteiger partial charge in [0.05, 0.1) is 0 Å². The molecule has 0 amide bonds. The highest BCUT2D eigenvalue weighted by Gasteiger charge is 2.42. The molecular formula is C5H5BrF4N4. The van der Waals surface area contributed by atoms with E-state index in [2.05, 4.69) is 26.0 Å². The normalized spacial score (nSPS) is 12.4. The van der Waals surface area contributed by atoms with E-state index in [1.54, 1.807) is 0 Å². The summed E-state index contributed by atoms with van der Waals surface area (Å²) in [6, 6.07) is 0. The number of hydrogen-bond donors (Lipinski definition) is 1. The van der Waals surface area contributed by atoms with Gasteiger partial charge in [0, 0.05) is 0 Å². The first-order chi connectivity index (χ1) is 6.33. The molecule has 0 fully saturated rings. The number of nitrogens with two attached hydrogens (primary N) is 1. The van der Waals surface area contributed by atoms with E-state index in [9.17, 15) is 17.6 Å². The lowest BCUT2D eigenvalue weighted by molar-refractivity contribution is -0.139. The first-order valence-electron chi connectivity index (χ1n) is 3.34. The summed E-state index contributed by atoms with van der Waals surface area (Å²) >= 11 is 2.75. The maximum absolute atomic E-state index is 12.5. The van der Waals surface area contributed by atoms with Crippen molar-refractivity contribution in [1.82, 2.24) is 14.8 Å². The molecule has 14 heavy (non-hydrogen) atoms. The zero-order valence-corrected chi connectivity index (χ0v) is 8.18. The molecule has 0 atom stereocenters. The van der Waals surface area contributed by atoms with Crippen LogP contribution in [0.15, 0.2) is 4.73 Å². The second-order valence-electron chi connectivity index (χ2n) is 2.46. The fourth-order valence-corrected chi connectivity index (χ4v) is 1.10. The van der Waals surface area contributed by atoms with Gasteiger partial charge in [-0.2, -0.15) is 13.8 Å².